The maximum Gasteiger partial charge on any atom is 0.320 e. The highest BCUT2D eigenvalue weighted by Gasteiger charge is 2.14. The summed E-state index contributed by atoms with van der Waals surface area (Å²) < 4.78 is 15.3. The van der Waals surface area contributed by atoms with Gasteiger partial charge in [0.25, 0.3) is 0 Å². The zero-order valence-corrected chi connectivity index (χ0v) is 10.4. The van der Waals surface area contributed by atoms with Crippen molar-refractivity contribution in [2.75, 3.05) is 21.3 Å². The van der Waals surface area contributed by atoms with Crippen LogP contribution in [0.2, 0.25) is 5.02 Å². The summed E-state index contributed by atoms with van der Waals surface area (Å²) in [6.07, 6.45) is 0. The molecule has 5 nitrogen and oxygen atoms in total. The van der Waals surface area contributed by atoms with Crippen LogP contribution < -0.4 is 14.2 Å². The third-order valence-electron chi connectivity index (χ3n) is 2.31. The average molecular weight is 255 g/mol. The van der Waals surface area contributed by atoms with Crippen molar-refractivity contribution in [3.05, 3.63) is 17.2 Å². The van der Waals surface area contributed by atoms with Crippen molar-refractivity contribution in [2.24, 2.45) is 0 Å². The fraction of sp³-hybridized carbons (Fsp3) is 0.273. The first kappa shape index (κ1) is 11.7. The number of aromatic nitrogens is 2. The van der Waals surface area contributed by atoms with Gasteiger partial charge in [0.1, 0.15) is 16.3 Å². The second kappa shape index (κ2) is 4.63. The van der Waals surface area contributed by atoms with E-state index in [2.05, 4.69) is 9.97 Å². The first-order chi connectivity index (χ1) is 8.21. The van der Waals surface area contributed by atoms with Gasteiger partial charge in [0.05, 0.1) is 26.7 Å². The highest BCUT2D eigenvalue weighted by molar-refractivity contribution is 6.36. The van der Waals surface area contributed by atoms with Gasteiger partial charge in [0, 0.05) is 0 Å². The van der Waals surface area contributed by atoms with E-state index >= 15 is 0 Å². The van der Waals surface area contributed by atoms with E-state index in [4.69, 9.17) is 25.8 Å². The van der Waals surface area contributed by atoms with Crippen LogP contribution in [0.5, 0.6) is 17.6 Å². The summed E-state index contributed by atoms with van der Waals surface area (Å²) in [7, 11) is 4.55. The Bertz CT molecular complexity index is 560. The van der Waals surface area contributed by atoms with Crippen LogP contribution >= 0.6 is 11.6 Å². The average Bonchev–Trinajstić information content (AvgIpc) is 2.38. The van der Waals surface area contributed by atoms with Crippen molar-refractivity contribution in [3.63, 3.8) is 0 Å². The number of ether oxygens (including phenoxy) is 3. The van der Waals surface area contributed by atoms with Gasteiger partial charge in [-0.1, -0.05) is 11.6 Å². The maximum atomic E-state index is 6.17. The molecule has 0 amide bonds. The van der Waals surface area contributed by atoms with Crippen molar-refractivity contribution in [3.8, 4) is 17.6 Å². The number of hydrogen-bond acceptors (Lipinski definition) is 5. The van der Waals surface area contributed by atoms with E-state index in [0.29, 0.717) is 27.6 Å². The number of rotatable bonds is 3. The summed E-state index contributed by atoms with van der Waals surface area (Å²) in [5, 5.41) is 1.11. The van der Waals surface area contributed by atoms with Crippen molar-refractivity contribution < 1.29 is 14.2 Å². The van der Waals surface area contributed by atoms with Gasteiger partial charge in [0.15, 0.2) is 0 Å². The van der Waals surface area contributed by atoms with E-state index in [-0.39, 0.29) is 6.01 Å². The minimum atomic E-state index is 0.199. The molecule has 0 N–H and O–H groups in total. The van der Waals surface area contributed by atoms with Crippen molar-refractivity contribution in [2.45, 2.75) is 0 Å². The molecule has 90 valence electrons. The van der Waals surface area contributed by atoms with Gasteiger partial charge in [-0.2, -0.15) is 9.97 Å². The summed E-state index contributed by atoms with van der Waals surface area (Å²) in [4.78, 5) is 8.26. The number of methoxy groups -OCH3 is 3. The molecule has 0 aliphatic carbocycles. The van der Waals surface area contributed by atoms with Crippen LogP contribution in [0.1, 0.15) is 0 Å². The molecule has 0 bridgehead atoms. The first-order valence-corrected chi connectivity index (χ1v) is 5.21. The SMILES string of the molecule is COc1nc(OC)c2ccc(OC)c(Cl)c2n1. The minimum absolute atomic E-state index is 0.199. The molecule has 0 aliphatic heterocycles. The Balaban J connectivity index is 2.80. The molecule has 0 aliphatic rings. The standard InChI is InChI=1S/C11H11ClN2O3/c1-15-7-5-4-6-9(8(7)12)13-11(17-3)14-10(6)16-2/h4-5H,1-3H3. The Kier molecular flexibility index (Phi) is 3.19. The third kappa shape index (κ3) is 1.93. The Labute approximate surface area is 103 Å². The molecule has 0 radical (unpaired) electrons. The predicted molar refractivity (Wildman–Crippen MR) is 64.2 cm³/mol. The lowest BCUT2D eigenvalue weighted by Crippen LogP contribution is -1.98. The summed E-state index contributed by atoms with van der Waals surface area (Å²) >= 11 is 6.17. The van der Waals surface area contributed by atoms with Gasteiger partial charge in [-0.3, -0.25) is 0 Å². The second-order valence-electron chi connectivity index (χ2n) is 3.20. The van der Waals surface area contributed by atoms with E-state index in [0.717, 1.165) is 0 Å². The normalized spacial score (nSPS) is 10.4. The smallest absolute Gasteiger partial charge is 0.320 e. The van der Waals surface area contributed by atoms with E-state index in [1.165, 1.54) is 14.2 Å². The Morgan fingerprint density at radius 2 is 1.76 bits per heavy atom. The van der Waals surface area contributed by atoms with E-state index < -0.39 is 0 Å². The number of benzene rings is 1. The van der Waals surface area contributed by atoms with E-state index in [9.17, 15) is 0 Å². The number of fused-ring (bicyclic) bond motifs is 1. The van der Waals surface area contributed by atoms with Gasteiger partial charge >= 0.3 is 6.01 Å². The van der Waals surface area contributed by atoms with Crippen LogP contribution in [0.3, 0.4) is 0 Å². The molecule has 0 unspecified atom stereocenters. The minimum Gasteiger partial charge on any atom is -0.495 e. The van der Waals surface area contributed by atoms with Gasteiger partial charge in [0.2, 0.25) is 5.88 Å². The Morgan fingerprint density at radius 3 is 2.35 bits per heavy atom. The molecule has 1 heterocycles. The molecule has 17 heavy (non-hydrogen) atoms. The Morgan fingerprint density at radius 1 is 1.00 bits per heavy atom. The van der Waals surface area contributed by atoms with Crippen LogP contribution in [0.25, 0.3) is 10.9 Å². The van der Waals surface area contributed by atoms with Crippen LogP contribution in [0, 0.1) is 0 Å². The molecule has 2 aromatic rings. The highest BCUT2D eigenvalue weighted by Crippen LogP contribution is 2.35. The molecule has 0 fully saturated rings. The topological polar surface area (TPSA) is 53.5 Å². The molecule has 1 aromatic carbocycles. The summed E-state index contributed by atoms with van der Waals surface area (Å²) in [6.45, 7) is 0. The zero-order chi connectivity index (χ0) is 12.4. The lowest BCUT2D eigenvalue weighted by Gasteiger charge is -2.09. The van der Waals surface area contributed by atoms with Crippen LogP contribution in [-0.2, 0) is 0 Å². The highest BCUT2D eigenvalue weighted by atomic mass is 35.5. The third-order valence-corrected chi connectivity index (χ3v) is 2.68. The summed E-state index contributed by atoms with van der Waals surface area (Å²) in [5.74, 6) is 0.957. The van der Waals surface area contributed by atoms with Gasteiger partial charge in [-0.05, 0) is 12.1 Å². The molecule has 6 heteroatoms. The molecule has 0 saturated heterocycles. The number of hydrogen-bond donors (Lipinski definition) is 0. The number of halogens is 1. The van der Waals surface area contributed by atoms with Gasteiger partial charge < -0.3 is 14.2 Å². The lowest BCUT2D eigenvalue weighted by atomic mass is 10.2. The molecular formula is C11H11ClN2O3. The Hall–Kier alpha value is -1.75. The van der Waals surface area contributed by atoms with Crippen molar-refractivity contribution in [1.29, 1.82) is 0 Å². The summed E-state index contributed by atoms with van der Waals surface area (Å²) in [5.41, 5.74) is 0.537. The predicted octanol–water partition coefficient (Wildman–Crippen LogP) is 2.31. The molecule has 0 saturated carbocycles. The summed E-state index contributed by atoms with van der Waals surface area (Å²) in [6, 6.07) is 3.73. The molecule has 2 rings (SSSR count). The quantitative estimate of drug-likeness (QED) is 0.841. The van der Waals surface area contributed by atoms with Crippen molar-refractivity contribution in [1.82, 2.24) is 9.97 Å². The largest absolute Gasteiger partial charge is 0.495 e. The van der Waals surface area contributed by atoms with Crippen LogP contribution in [-0.4, -0.2) is 31.3 Å². The number of nitrogens with zero attached hydrogens (tertiary/aromatic N) is 2. The fourth-order valence-corrected chi connectivity index (χ4v) is 1.78. The van der Waals surface area contributed by atoms with Crippen LogP contribution in [0.4, 0.5) is 0 Å². The first-order valence-electron chi connectivity index (χ1n) is 4.83. The second-order valence-corrected chi connectivity index (χ2v) is 3.58. The lowest BCUT2D eigenvalue weighted by molar-refractivity contribution is 0.356. The monoisotopic (exact) mass is 254 g/mol. The zero-order valence-electron chi connectivity index (χ0n) is 9.65. The maximum absolute atomic E-state index is 6.17. The molecule has 1 aromatic heterocycles. The molecule has 0 spiro atoms. The fourth-order valence-electron chi connectivity index (χ4n) is 1.50. The molecular weight excluding hydrogens is 244 g/mol. The van der Waals surface area contributed by atoms with E-state index in [1.807, 2.05) is 0 Å². The molecule has 0 atom stereocenters. The van der Waals surface area contributed by atoms with E-state index in [1.54, 1.807) is 19.2 Å². The van der Waals surface area contributed by atoms with Crippen molar-refractivity contribution >= 4 is 22.5 Å². The van der Waals surface area contributed by atoms with Gasteiger partial charge in [-0.15, -0.1) is 0 Å². The van der Waals surface area contributed by atoms with Crippen LogP contribution in [0.15, 0.2) is 12.1 Å². The van der Waals surface area contributed by atoms with Gasteiger partial charge in [-0.25, -0.2) is 0 Å².